The molecule has 5 nitrogen and oxygen atoms in total. The Balaban J connectivity index is 1.69. The first-order valence-electron chi connectivity index (χ1n) is 7.79. The molecular formula is C16H19F3N4O. The second kappa shape index (κ2) is 6.80. The van der Waals surface area contributed by atoms with Crippen LogP contribution in [-0.4, -0.2) is 40.1 Å². The lowest BCUT2D eigenvalue weighted by atomic mass is 9.97. The van der Waals surface area contributed by atoms with E-state index in [1.807, 2.05) is 12.1 Å². The minimum absolute atomic E-state index is 0.0301. The number of likely N-dealkylation sites (tertiary alicyclic amines) is 1. The predicted octanol–water partition coefficient (Wildman–Crippen LogP) is 3.21. The maximum Gasteiger partial charge on any atom is 0.432 e. The highest BCUT2D eigenvalue weighted by Crippen LogP contribution is 2.31. The molecule has 130 valence electrons. The van der Waals surface area contributed by atoms with Gasteiger partial charge in [-0.3, -0.25) is 4.90 Å². The Hall–Kier alpha value is -2.09. The summed E-state index contributed by atoms with van der Waals surface area (Å²) in [6.45, 7) is 2.20. The van der Waals surface area contributed by atoms with Gasteiger partial charge in [0.15, 0.2) is 0 Å². The highest BCUT2D eigenvalue weighted by molar-refractivity contribution is 5.25. The summed E-state index contributed by atoms with van der Waals surface area (Å²) < 4.78 is 43.4. The van der Waals surface area contributed by atoms with Crippen molar-refractivity contribution < 1.29 is 17.9 Å². The van der Waals surface area contributed by atoms with Crippen LogP contribution in [0.4, 0.5) is 13.2 Å². The van der Waals surface area contributed by atoms with Crippen LogP contribution >= 0.6 is 0 Å². The molecule has 1 aliphatic rings. The lowest BCUT2D eigenvalue weighted by Crippen LogP contribution is -2.34. The molecule has 0 aliphatic carbocycles. The number of aromatic nitrogens is 3. The summed E-state index contributed by atoms with van der Waals surface area (Å²) in [5.41, 5.74) is 0.180. The molecule has 0 aromatic carbocycles. The lowest BCUT2D eigenvalue weighted by Gasteiger charge is -2.32. The van der Waals surface area contributed by atoms with Gasteiger partial charge in [-0.2, -0.15) is 13.2 Å². The fourth-order valence-corrected chi connectivity index (χ4v) is 3.08. The van der Waals surface area contributed by atoms with E-state index < -0.39 is 11.9 Å². The minimum Gasteiger partial charge on any atom is -0.481 e. The van der Waals surface area contributed by atoms with E-state index in [9.17, 15) is 13.2 Å². The van der Waals surface area contributed by atoms with Crippen LogP contribution in [0.1, 0.15) is 35.8 Å². The van der Waals surface area contributed by atoms with Gasteiger partial charge in [0.05, 0.1) is 13.3 Å². The summed E-state index contributed by atoms with van der Waals surface area (Å²) in [7, 11) is 1.58. The summed E-state index contributed by atoms with van der Waals surface area (Å²) >= 11 is 0. The minimum atomic E-state index is -4.39. The Labute approximate surface area is 137 Å². The van der Waals surface area contributed by atoms with Crippen LogP contribution in [0.25, 0.3) is 0 Å². The molecule has 8 heteroatoms. The van der Waals surface area contributed by atoms with Gasteiger partial charge in [0.2, 0.25) is 5.88 Å². The number of nitrogens with zero attached hydrogens (tertiary/aromatic N) is 3. The topological polar surface area (TPSA) is 54.0 Å². The van der Waals surface area contributed by atoms with E-state index in [-0.39, 0.29) is 5.92 Å². The van der Waals surface area contributed by atoms with Gasteiger partial charge in [0.1, 0.15) is 11.5 Å². The van der Waals surface area contributed by atoms with E-state index in [1.165, 1.54) is 0 Å². The molecule has 0 saturated carbocycles. The molecule has 24 heavy (non-hydrogen) atoms. The number of alkyl halides is 3. The van der Waals surface area contributed by atoms with E-state index in [0.29, 0.717) is 24.8 Å². The number of nitrogens with one attached hydrogen (secondary N) is 1. The SMILES string of the molecule is COc1ncccc1CN1CCC[C@@H](c2ncc(C(F)(F)F)[nH]2)C1. The van der Waals surface area contributed by atoms with Crippen LogP contribution in [0.3, 0.4) is 0 Å². The molecule has 0 spiro atoms. The standard InChI is InChI=1S/C16H19F3N4O/c1-24-15-12(4-2-6-20-15)10-23-7-3-5-11(9-23)14-21-8-13(22-14)16(17,18)19/h2,4,6,8,11H,3,5,7,9-10H2,1H3,(H,21,22)/t11-/m1/s1. The van der Waals surface area contributed by atoms with Gasteiger partial charge in [-0.15, -0.1) is 0 Å². The average molecular weight is 340 g/mol. The molecule has 1 N–H and O–H groups in total. The largest absolute Gasteiger partial charge is 0.481 e. The number of ether oxygens (including phenoxy) is 1. The molecule has 0 amide bonds. The van der Waals surface area contributed by atoms with Crippen molar-refractivity contribution in [2.75, 3.05) is 20.2 Å². The Morgan fingerprint density at radius 3 is 2.92 bits per heavy atom. The van der Waals surface area contributed by atoms with Crippen LogP contribution < -0.4 is 4.74 Å². The number of hydrogen-bond acceptors (Lipinski definition) is 4. The smallest absolute Gasteiger partial charge is 0.432 e. The Morgan fingerprint density at radius 2 is 2.21 bits per heavy atom. The number of rotatable bonds is 4. The molecule has 1 fully saturated rings. The Bertz CT molecular complexity index is 686. The first-order chi connectivity index (χ1) is 11.5. The number of hydrogen-bond donors (Lipinski definition) is 1. The molecule has 2 aromatic heterocycles. The molecule has 0 radical (unpaired) electrons. The van der Waals surface area contributed by atoms with Crippen molar-refractivity contribution in [2.45, 2.75) is 31.5 Å². The molecule has 1 atom stereocenters. The number of imidazole rings is 1. The number of aromatic amines is 1. The van der Waals surface area contributed by atoms with Crippen molar-refractivity contribution in [1.29, 1.82) is 0 Å². The Kier molecular flexibility index (Phi) is 4.75. The second-order valence-corrected chi connectivity index (χ2v) is 5.93. The molecular weight excluding hydrogens is 321 g/mol. The van der Waals surface area contributed by atoms with Crippen LogP contribution in [0.2, 0.25) is 0 Å². The molecule has 1 saturated heterocycles. The third kappa shape index (κ3) is 3.69. The van der Waals surface area contributed by atoms with Gasteiger partial charge in [0.25, 0.3) is 0 Å². The summed E-state index contributed by atoms with van der Waals surface area (Å²) in [5.74, 6) is 0.958. The highest BCUT2D eigenvalue weighted by Gasteiger charge is 2.34. The van der Waals surface area contributed by atoms with Crippen LogP contribution in [-0.2, 0) is 12.7 Å². The predicted molar refractivity (Wildman–Crippen MR) is 81.6 cm³/mol. The van der Waals surface area contributed by atoms with Crippen molar-refractivity contribution >= 4 is 0 Å². The van der Waals surface area contributed by atoms with Gasteiger partial charge in [-0.1, -0.05) is 6.07 Å². The quantitative estimate of drug-likeness (QED) is 0.929. The van der Waals surface area contributed by atoms with Gasteiger partial charge in [0, 0.05) is 30.8 Å². The third-order valence-electron chi connectivity index (χ3n) is 4.23. The first-order valence-corrected chi connectivity index (χ1v) is 7.79. The summed E-state index contributed by atoms with van der Waals surface area (Å²) in [4.78, 5) is 12.7. The zero-order valence-electron chi connectivity index (χ0n) is 13.3. The molecule has 0 bridgehead atoms. The van der Waals surface area contributed by atoms with Crippen molar-refractivity contribution in [1.82, 2.24) is 19.9 Å². The van der Waals surface area contributed by atoms with E-state index in [4.69, 9.17) is 4.74 Å². The number of halogens is 3. The van der Waals surface area contributed by atoms with Crippen LogP contribution in [0, 0.1) is 0 Å². The fraction of sp³-hybridized carbons (Fsp3) is 0.500. The number of pyridine rings is 1. The first kappa shape index (κ1) is 16.8. The van der Waals surface area contributed by atoms with Crippen molar-refractivity contribution in [3.05, 3.63) is 41.6 Å². The van der Waals surface area contributed by atoms with Crippen molar-refractivity contribution in [2.24, 2.45) is 0 Å². The molecule has 0 unspecified atom stereocenters. The Morgan fingerprint density at radius 1 is 1.38 bits per heavy atom. The maximum atomic E-state index is 12.7. The number of piperidine rings is 1. The van der Waals surface area contributed by atoms with Gasteiger partial charge >= 0.3 is 6.18 Å². The maximum absolute atomic E-state index is 12.7. The van der Waals surface area contributed by atoms with Gasteiger partial charge < -0.3 is 9.72 Å². The summed E-state index contributed by atoms with van der Waals surface area (Å²) in [5, 5.41) is 0. The second-order valence-electron chi connectivity index (χ2n) is 5.93. The van der Waals surface area contributed by atoms with E-state index in [0.717, 1.165) is 31.1 Å². The van der Waals surface area contributed by atoms with Gasteiger partial charge in [-0.25, -0.2) is 9.97 Å². The number of methoxy groups -OCH3 is 1. The molecule has 3 rings (SSSR count). The van der Waals surface area contributed by atoms with Crippen LogP contribution in [0.15, 0.2) is 24.5 Å². The monoisotopic (exact) mass is 340 g/mol. The molecule has 3 heterocycles. The molecule has 1 aliphatic heterocycles. The van der Waals surface area contributed by atoms with E-state index in [2.05, 4.69) is 19.9 Å². The number of H-pyrrole nitrogens is 1. The normalized spacial score (nSPS) is 19.4. The zero-order chi connectivity index (χ0) is 17.2. The fourth-order valence-electron chi connectivity index (χ4n) is 3.08. The average Bonchev–Trinajstić information content (AvgIpc) is 3.06. The summed E-state index contributed by atoms with van der Waals surface area (Å²) in [6.07, 6.45) is -0.106. The van der Waals surface area contributed by atoms with Crippen molar-refractivity contribution in [3.63, 3.8) is 0 Å². The van der Waals surface area contributed by atoms with Crippen molar-refractivity contribution in [3.8, 4) is 5.88 Å². The van der Waals surface area contributed by atoms with Crippen LogP contribution in [0.5, 0.6) is 5.88 Å². The highest BCUT2D eigenvalue weighted by atomic mass is 19.4. The van der Waals surface area contributed by atoms with E-state index in [1.54, 1.807) is 13.3 Å². The summed E-state index contributed by atoms with van der Waals surface area (Å²) in [6, 6.07) is 3.80. The zero-order valence-corrected chi connectivity index (χ0v) is 13.3. The van der Waals surface area contributed by atoms with Gasteiger partial charge in [-0.05, 0) is 25.5 Å². The lowest BCUT2D eigenvalue weighted by molar-refractivity contribution is -0.141. The third-order valence-corrected chi connectivity index (χ3v) is 4.23. The molecule has 2 aromatic rings. The van der Waals surface area contributed by atoms with E-state index >= 15 is 0 Å².